The number of carboxylic acid groups (broad SMARTS) is 1. The average molecular weight is 322 g/mol. The van der Waals surface area contributed by atoms with Crippen LogP contribution >= 0.6 is 15.9 Å². The molecule has 0 aliphatic carbocycles. The van der Waals surface area contributed by atoms with Gasteiger partial charge >= 0.3 is 5.97 Å². The first-order valence-electron chi connectivity index (χ1n) is 4.79. The highest BCUT2D eigenvalue weighted by Gasteiger charge is 2.14. The van der Waals surface area contributed by atoms with Crippen molar-refractivity contribution in [1.29, 1.82) is 0 Å². The van der Waals surface area contributed by atoms with Crippen LogP contribution in [-0.2, 0) is 14.8 Å². The molecule has 1 aromatic carbocycles. The van der Waals surface area contributed by atoms with Crippen LogP contribution in [0.2, 0.25) is 0 Å². The summed E-state index contributed by atoms with van der Waals surface area (Å²) in [5, 5.41) is 8.44. The molecule has 0 radical (unpaired) electrons. The molecule has 0 unspecified atom stereocenters. The molecular formula is C10H12BrNO4S. The zero-order valence-electron chi connectivity index (χ0n) is 9.10. The summed E-state index contributed by atoms with van der Waals surface area (Å²) < 4.78 is 26.1. The highest BCUT2D eigenvalue weighted by atomic mass is 79.9. The van der Waals surface area contributed by atoms with Gasteiger partial charge in [-0.1, -0.05) is 12.1 Å². The largest absolute Gasteiger partial charge is 0.481 e. The Labute approximate surface area is 108 Å². The molecule has 0 heterocycles. The first-order valence-corrected chi connectivity index (χ1v) is 7.24. The number of halogens is 1. The number of hydrogen-bond acceptors (Lipinski definition) is 3. The molecular weight excluding hydrogens is 310 g/mol. The van der Waals surface area contributed by atoms with E-state index in [0.717, 1.165) is 5.56 Å². The van der Waals surface area contributed by atoms with Gasteiger partial charge in [-0.2, -0.15) is 0 Å². The van der Waals surface area contributed by atoms with Crippen molar-refractivity contribution in [3.63, 3.8) is 0 Å². The van der Waals surface area contributed by atoms with Crippen molar-refractivity contribution >= 4 is 37.6 Å². The number of carbonyl (C=O) groups is 1. The molecule has 7 heteroatoms. The van der Waals surface area contributed by atoms with Crippen LogP contribution in [0.25, 0.3) is 0 Å². The van der Waals surface area contributed by atoms with Gasteiger partial charge in [0.05, 0.1) is 17.9 Å². The summed E-state index contributed by atoms with van der Waals surface area (Å²) in [4.78, 5) is 10.3. The molecule has 0 atom stereocenters. The number of aryl methyl sites for hydroxylation is 1. The number of anilines is 1. The number of aliphatic carboxylic acids is 1. The molecule has 5 nitrogen and oxygen atoms in total. The third kappa shape index (κ3) is 4.35. The van der Waals surface area contributed by atoms with Crippen LogP contribution < -0.4 is 4.72 Å². The predicted molar refractivity (Wildman–Crippen MR) is 68.5 cm³/mol. The number of sulfonamides is 1. The number of benzene rings is 1. The van der Waals surface area contributed by atoms with E-state index < -0.39 is 28.2 Å². The lowest BCUT2D eigenvalue weighted by Gasteiger charge is -2.10. The third-order valence-electron chi connectivity index (χ3n) is 2.04. The van der Waals surface area contributed by atoms with E-state index in [0.29, 0.717) is 10.2 Å². The SMILES string of the molecule is Cc1cccc(NS(=O)(=O)CCC(=O)O)c1Br. The maximum atomic E-state index is 11.6. The van der Waals surface area contributed by atoms with Gasteiger partial charge < -0.3 is 5.11 Å². The summed E-state index contributed by atoms with van der Waals surface area (Å²) in [5.74, 6) is -1.58. The summed E-state index contributed by atoms with van der Waals surface area (Å²) in [6, 6.07) is 5.16. The second kappa shape index (κ2) is 5.50. The van der Waals surface area contributed by atoms with Crippen molar-refractivity contribution in [2.45, 2.75) is 13.3 Å². The maximum absolute atomic E-state index is 11.6. The Balaban J connectivity index is 2.83. The molecule has 0 spiro atoms. The average Bonchev–Trinajstić information content (AvgIpc) is 2.22. The van der Waals surface area contributed by atoms with Gasteiger partial charge in [0.2, 0.25) is 10.0 Å². The molecule has 1 aromatic rings. The van der Waals surface area contributed by atoms with Gasteiger partial charge in [0, 0.05) is 4.47 Å². The standard InChI is InChI=1S/C10H12BrNO4S/c1-7-3-2-4-8(10(7)11)12-17(15,16)6-5-9(13)14/h2-4,12H,5-6H2,1H3,(H,13,14). The summed E-state index contributed by atoms with van der Waals surface area (Å²) >= 11 is 3.27. The fraction of sp³-hybridized carbons (Fsp3) is 0.300. The molecule has 0 fully saturated rings. The van der Waals surface area contributed by atoms with E-state index in [1.807, 2.05) is 13.0 Å². The summed E-state index contributed by atoms with van der Waals surface area (Å²) in [6.07, 6.45) is -0.418. The van der Waals surface area contributed by atoms with Gasteiger partial charge in [0.15, 0.2) is 0 Å². The van der Waals surface area contributed by atoms with E-state index in [1.54, 1.807) is 12.1 Å². The second-order valence-corrected chi connectivity index (χ2v) is 6.14. The maximum Gasteiger partial charge on any atom is 0.304 e. The molecule has 0 aliphatic rings. The highest BCUT2D eigenvalue weighted by Crippen LogP contribution is 2.26. The van der Waals surface area contributed by atoms with E-state index >= 15 is 0 Å². The molecule has 1 rings (SSSR count). The van der Waals surface area contributed by atoms with Crippen molar-refractivity contribution in [2.75, 3.05) is 10.5 Å². The molecule has 94 valence electrons. The topological polar surface area (TPSA) is 83.5 Å². The van der Waals surface area contributed by atoms with Crippen LogP contribution in [0.5, 0.6) is 0 Å². The summed E-state index contributed by atoms with van der Waals surface area (Å²) in [7, 11) is -3.63. The van der Waals surface area contributed by atoms with Crippen LogP contribution in [0.15, 0.2) is 22.7 Å². The molecule has 0 aromatic heterocycles. The quantitative estimate of drug-likeness (QED) is 0.868. The van der Waals surface area contributed by atoms with Gasteiger partial charge in [0.25, 0.3) is 0 Å². The zero-order valence-corrected chi connectivity index (χ0v) is 11.5. The molecule has 0 saturated carbocycles. The fourth-order valence-corrected chi connectivity index (χ4v) is 2.71. The van der Waals surface area contributed by atoms with Crippen molar-refractivity contribution in [3.05, 3.63) is 28.2 Å². The highest BCUT2D eigenvalue weighted by molar-refractivity contribution is 9.10. The number of hydrogen-bond donors (Lipinski definition) is 2. The second-order valence-electron chi connectivity index (χ2n) is 3.50. The number of nitrogens with one attached hydrogen (secondary N) is 1. The monoisotopic (exact) mass is 321 g/mol. The van der Waals surface area contributed by atoms with Gasteiger partial charge in [0.1, 0.15) is 0 Å². The van der Waals surface area contributed by atoms with Crippen LogP contribution in [0.1, 0.15) is 12.0 Å². The lowest BCUT2D eigenvalue weighted by Crippen LogP contribution is -2.19. The van der Waals surface area contributed by atoms with Crippen LogP contribution in [-0.4, -0.2) is 25.2 Å². The first kappa shape index (κ1) is 14.0. The lowest BCUT2D eigenvalue weighted by atomic mass is 10.2. The molecule has 0 aliphatic heterocycles. The number of carboxylic acids is 1. The molecule has 0 bridgehead atoms. The summed E-state index contributed by atoms with van der Waals surface area (Å²) in [5.41, 5.74) is 1.30. The molecule has 0 saturated heterocycles. The van der Waals surface area contributed by atoms with Crippen molar-refractivity contribution in [1.82, 2.24) is 0 Å². The lowest BCUT2D eigenvalue weighted by molar-refractivity contribution is -0.136. The smallest absolute Gasteiger partial charge is 0.304 e. The normalized spacial score (nSPS) is 11.2. The Kier molecular flexibility index (Phi) is 4.53. The van der Waals surface area contributed by atoms with E-state index in [4.69, 9.17) is 5.11 Å². The van der Waals surface area contributed by atoms with E-state index in [-0.39, 0.29) is 0 Å². The van der Waals surface area contributed by atoms with Crippen molar-refractivity contribution < 1.29 is 18.3 Å². The predicted octanol–water partition coefficient (Wildman–Crippen LogP) is 1.97. The van der Waals surface area contributed by atoms with Crippen LogP contribution in [0.4, 0.5) is 5.69 Å². The Morgan fingerprint density at radius 3 is 2.71 bits per heavy atom. The van der Waals surface area contributed by atoms with Crippen LogP contribution in [0, 0.1) is 6.92 Å². The molecule has 0 amide bonds. The van der Waals surface area contributed by atoms with Crippen molar-refractivity contribution in [3.8, 4) is 0 Å². The zero-order chi connectivity index (χ0) is 13.1. The Hall–Kier alpha value is -1.08. The van der Waals surface area contributed by atoms with Gasteiger partial charge in [-0.05, 0) is 34.5 Å². The Morgan fingerprint density at radius 2 is 2.12 bits per heavy atom. The van der Waals surface area contributed by atoms with E-state index in [1.165, 1.54) is 0 Å². The Bertz CT molecular complexity index is 527. The van der Waals surface area contributed by atoms with Crippen molar-refractivity contribution in [2.24, 2.45) is 0 Å². The summed E-state index contributed by atoms with van der Waals surface area (Å²) in [6.45, 7) is 1.83. The van der Waals surface area contributed by atoms with E-state index in [9.17, 15) is 13.2 Å². The minimum absolute atomic E-state index is 0.412. The van der Waals surface area contributed by atoms with Gasteiger partial charge in [-0.3, -0.25) is 9.52 Å². The molecule has 2 N–H and O–H groups in total. The molecule has 17 heavy (non-hydrogen) atoms. The van der Waals surface area contributed by atoms with Gasteiger partial charge in [-0.25, -0.2) is 8.42 Å². The Morgan fingerprint density at radius 1 is 1.47 bits per heavy atom. The fourth-order valence-electron chi connectivity index (χ4n) is 1.17. The van der Waals surface area contributed by atoms with Gasteiger partial charge in [-0.15, -0.1) is 0 Å². The first-order chi connectivity index (χ1) is 7.82. The van der Waals surface area contributed by atoms with Crippen LogP contribution in [0.3, 0.4) is 0 Å². The van der Waals surface area contributed by atoms with E-state index in [2.05, 4.69) is 20.7 Å². The third-order valence-corrected chi connectivity index (χ3v) is 4.37. The minimum atomic E-state index is -3.63. The minimum Gasteiger partial charge on any atom is -0.481 e. The number of rotatable bonds is 5.